The lowest BCUT2D eigenvalue weighted by Crippen LogP contribution is -2.17. The van der Waals surface area contributed by atoms with Crippen molar-refractivity contribution in [3.8, 4) is 11.4 Å². The summed E-state index contributed by atoms with van der Waals surface area (Å²) in [5.74, 6) is 0.926. The molecule has 0 saturated carbocycles. The van der Waals surface area contributed by atoms with E-state index in [1.54, 1.807) is 0 Å². The molecule has 0 radical (unpaired) electrons. The van der Waals surface area contributed by atoms with Gasteiger partial charge in [0.1, 0.15) is 0 Å². The van der Waals surface area contributed by atoms with Crippen molar-refractivity contribution < 1.29 is 0 Å². The van der Waals surface area contributed by atoms with E-state index in [0.29, 0.717) is 28.9 Å². The highest BCUT2D eigenvalue weighted by molar-refractivity contribution is 6.31. The number of hydrogen-bond acceptors (Lipinski definition) is 4. The van der Waals surface area contributed by atoms with Gasteiger partial charge in [0, 0.05) is 28.0 Å². The van der Waals surface area contributed by atoms with E-state index in [9.17, 15) is 4.79 Å². The first-order valence-corrected chi connectivity index (χ1v) is 8.93. The van der Waals surface area contributed by atoms with E-state index < -0.39 is 0 Å². The molecule has 6 nitrogen and oxygen atoms in total. The molecule has 0 aliphatic heterocycles. The summed E-state index contributed by atoms with van der Waals surface area (Å²) in [6.07, 6.45) is 0. The van der Waals surface area contributed by atoms with Gasteiger partial charge < -0.3 is 10.3 Å². The number of aromatic amines is 1. The molecule has 2 aromatic heterocycles. The summed E-state index contributed by atoms with van der Waals surface area (Å²) in [5, 5.41) is 8.27. The predicted octanol–water partition coefficient (Wildman–Crippen LogP) is 3.97. The monoisotopic (exact) mass is 379 g/mol. The maximum Gasteiger partial charge on any atom is 0.275 e. The molecule has 4 rings (SSSR count). The van der Waals surface area contributed by atoms with Crippen LogP contribution < -0.4 is 10.9 Å². The molecule has 0 amide bonds. The van der Waals surface area contributed by atoms with Gasteiger partial charge in [0.15, 0.2) is 5.82 Å². The molecule has 7 heteroatoms. The first-order valence-electron chi connectivity index (χ1n) is 8.55. The molecule has 0 aliphatic carbocycles. The number of benzene rings is 2. The molecule has 4 aromatic rings. The zero-order chi connectivity index (χ0) is 19.0. The number of nitrogens with one attached hydrogen (secondary N) is 2. The van der Waals surface area contributed by atoms with Crippen molar-refractivity contribution in [1.82, 2.24) is 19.6 Å². The van der Waals surface area contributed by atoms with Crippen molar-refractivity contribution in [2.75, 3.05) is 5.32 Å². The van der Waals surface area contributed by atoms with Crippen LogP contribution >= 0.6 is 11.6 Å². The van der Waals surface area contributed by atoms with Gasteiger partial charge >= 0.3 is 0 Å². The van der Waals surface area contributed by atoms with Gasteiger partial charge in [-0.3, -0.25) is 4.79 Å². The maximum atomic E-state index is 12.4. The molecule has 0 unspecified atom stereocenters. The molecule has 2 N–H and O–H groups in total. The molecule has 2 aromatic carbocycles. The summed E-state index contributed by atoms with van der Waals surface area (Å²) >= 11 is 6.15. The lowest BCUT2D eigenvalue weighted by molar-refractivity contribution is 0.879. The Kier molecular flexibility index (Phi) is 4.41. The van der Waals surface area contributed by atoms with Crippen molar-refractivity contribution >= 4 is 23.1 Å². The molecule has 2 heterocycles. The standard InChI is InChI=1S/C20H18ClN5O/c1-12-3-6-14(7-4-12)19-24-20-23-16(10-18(27)26(20)25-19)11-22-15-8-5-13(2)17(21)9-15/h3-10,22H,11H2,1-2H3,(H,23,24,25). The molecule has 0 spiro atoms. The third-order valence-electron chi connectivity index (χ3n) is 4.35. The topological polar surface area (TPSA) is 75.1 Å². The number of aryl methyl sites for hydroxylation is 2. The molecular weight excluding hydrogens is 362 g/mol. The SMILES string of the molecule is Cc1ccc(-c2nc3[nH]c(CNc4ccc(C)c(Cl)c4)cc(=O)n3n2)cc1. The average molecular weight is 380 g/mol. The van der Waals surface area contributed by atoms with Crippen molar-refractivity contribution in [1.29, 1.82) is 0 Å². The van der Waals surface area contributed by atoms with Crippen LogP contribution in [0.25, 0.3) is 17.2 Å². The number of nitrogens with zero attached hydrogens (tertiary/aromatic N) is 3. The largest absolute Gasteiger partial charge is 0.379 e. The van der Waals surface area contributed by atoms with E-state index in [1.165, 1.54) is 10.6 Å². The van der Waals surface area contributed by atoms with Crippen molar-refractivity contribution in [2.24, 2.45) is 0 Å². The van der Waals surface area contributed by atoms with Crippen LogP contribution in [0.15, 0.2) is 53.3 Å². The van der Waals surface area contributed by atoms with Crippen LogP contribution in [0.1, 0.15) is 16.8 Å². The maximum absolute atomic E-state index is 12.4. The fraction of sp³-hybridized carbons (Fsp3) is 0.150. The Labute approximate surface area is 160 Å². The number of aromatic nitrogens is 4. The summed E-state index contributed by atoms with van der Waals surface area (Å²) in [6.45, 7) is 4.41. The zero-order valence-electron chi connectivity index (χ0n) is 15.0. The Morgan fingerprint density at radius 1 is 1.11 bits per heavy atom. The fourth-order valence-corrected chi connectivity index (χ4v) is 2.94. The lowest BCUT2D eigenvalue weighted by Gasteiger charge is -2.08. The highest BCUT2D eigenvalue weighted by Gasteiger charge is 2.10. The van der Waals surface area contributed by atoms with Crippen LogP contribution in [0.3, 0.4) is 0 Å². The van der Waals surface area contributed by atoms with Crippen LogP contribution in [-0.4, -0.2) is 19.6 Å². The number of halogens is 1. The van der Waals surface area contributed by atoms with Crippen LogP contribution in [-0.2, 0) is 6.54 Å². The summed E-state index contributed by atoms with van der Waals surface area (Å²) in [5.41, 5.74) is 4.41. The molecule has 0 saturated heterocycles. The Hall–Kier alpha value is -3.12. The van der Waals surface area contributed by atoms with Gasteiger partial charge in [-0.25, -0.2) is 0 Å². The first-order chi connectivity index (χ1) is 13.0. The van der Waals surface area contributed by atoms with Gasteiger partial charge in [0.2, 0.25) is 5.78 Å². The van der Waals surface area contributed by atoms with Crippen LogP contribution in [0.4, 0.5) is 5.69 Å². The fourth-order valence-electron chi connectivity index (χ4n) is 2.76. The molecule has 0 fully saturated rings. The summed E-state index contributed by atoms with van der Waals surface area (Å²) in [6, 6.07) is 15.1. The van der Waals surface area contributed by atoms with E-state index >= 15 is 0 Å². The molecule has 0 aliphatic rings. The van der Waals surface area contributed by atoms with Gasteiger partial charge in [0.05, 0.1) is 6.54 Å². The second kappa shape index (κ2) is 6.89. The minimum Gasteiger partial charge on any atom is -0.379 e. The average Bonchev–Trinajstić information content (AvgIpc) is 3.08. The molecule has 0 bridgehead atoms. The van der Waals surface area contributed by atoms with E-state index in [4.69, 9.17) is 11.6 Å². The molecule has 0 atom stereocenters. The summed E-state index contributed by atoms with van der Waals surface area (Å²) < 4.78 is 1.28. The van der Waals surface area contributed by atoms with Gasteiger partial charge in [-0.1, -0.05) is 47.5 Å². The zero-order valence-corrected chi connectivity index (χ0v) is 15.7. The van der Waals surface area contributed by atoms with E-state index in [-0.39, 0.29) is 5.56 Å². The van der Waals surface area contributed by atoms with Gasteiger partial charge in [-0.2, -0.15) is 9.50 Å². The second-order valence-electron chi connectivity index (χ2n) is 6.49. The minimum absolute atomic E-state index is 0.228. The number of hydrogen-bond donors (Lipinski definition) is 2. The smallest absolute Gasteiger partial charge is 0.275 e. The Balaban J connectivity index is 1.62. The van der Waals surface area contributed by atoms with Crippen molar-refractivity contribution in [2.45, 2.75) is 20.4 Å². The summed E-state index contributed by atoms with van der Waals surface area (Å²) in [7, 11) is 0. The number of fused-ring (bicyclic) bond motifs is 1. The van der Waals surface area contributed by atoms with Crippen LogP contribution in [0.5, 0.6) is 0 Å². The lowest BCUT2D eigenvalue weighted by atomic mass is 10.1. The highest BCUT2D eigenvalue weighted by atomic mass is 35.5. The Morgan fingerprint density at radius 2 is 1.89 bits per heavy atom. The third kappa shape index (κ3) is 3.57. The predicted molar refractivity (Wildman–Crippen MR) is 107 cm³/mol. The number of rotatable bonds is 4. The Bertz CT molecular complexity index is 1180. The number of H-pyrrole nitrogens is 1. The highest BCUT2D eigenvalue weighted by Crippen LogP contribution is 2.20. The quantitative estimate of drug-likeness (QED) is 0.562. The molecule has 136 valence electrons. The summed E-state index contributed by atoms with van der Waals surface area (Å²) in [4.78, 5) is 20.0. The van der Waals surface area contributed by atoms with Crippen LogP contribution in [0.2, 0.25) is 5.02 Å². The van der Waals surface area contributed by atoms with E-state index in [0.717, 1.165) is 22.4 Å². The first kappa shape index (κ1) is 17.3. The second-order valence-corrected chi connectivity index (χ2v) is 6.89. The van der Waals surface area contributed by atoms with Gasteiger partial charge in [0.25, 0.3) is 5.56 Å². The third-order valence-corrected chi connectivity index (χ3v) is 4.76. The van der Waals surface area contributed by atoms with E-state index in [1.807, 2.05) is 56.3 Å². The Morgan fingerprint density at radius 3 is 2.63 bits per heavy atom. The van der Waals surface area contributed by atoms with Gasteiger partial charge in [-0.15, -0.1) is 5.10 Å². The normalized spacial score (nSPS) is 11.1. The van der Waals surface area contributed by atoms with Crippen molar-refractivity contribution in [3.05, 3.63) is 80.7 Å². The van der Waals surface area contributed by atoms with Gasteiger partial charge in [-0.05, 0) is 31.5 Å². The number of anilines is 1. The van der Waals surface area contributed by atoms with E-state index in [2.05, 4.69) is 20.4 Å². The van der Waals surface area contributed by atoms with Crippen LogP contribution in [0, 0.1) is 13.8 Å². The molecular formula is C20H18ClN5O. The minimum atomic E-state index is -0.228. The van der Waals surface area contributed by atoms with Crippen molar-refractivity contribution in [3.63, 3.8) is 0 Å². The molecule has 27 heavy (non-hydrogen) atoms.